The quantitative estimate of drug-likeness (QED) is 0.244. The Kier molecular flexibility index (Phi) is 3.49. The molecule has 0 unspecified atom stereocenters. The fourth-order valence-electron chi connectivity index (χ4n) is 1.08. The van der Waals surface area contributed by atoms with E-state index in [0.29, 0.717) is 12.1 Å². The van der Waals surface area contributed by atoms with Crippen LogP contribution in [-0.2, 0) is 11.2 Å². The summed E-state index contributed by atoms with van der Waals surface area (Å²) in [6.07, 6.45) is 2.08. The van der Waals surface area contributed by atoms with Crippen molar-refractivity contribution in [3.05, 3.63) is 29.8 Å². The zero-order valence-electron chi connectivity index (χ0n) is 7.47. The van der Waals surface area contributed by atoms with Crippen molar-refractivity contribution in [2.45, 2.75) is 6.42 Å². The van der Waals surface area contributed by atoms with Crippen LogP contribution in [-0.4, -0.2) is 12.6 Å². The van der Waals surface area contributed by atoms with Crippen LogP contribution >= 0.6 is 0 Å². The highest BCUT2D eigenvalue weighted by Gasteiger charge is 2.01. The van der Waals surface area contributed by atoms with E-state index in [1.165, 1.54) is 0 Å². The molecule has 0 atom stereocenters. The Balaban J connectivity index is 2.96. The summed E-state index contributed by atoms with van der Waals surface area (Å²) in [4.78, 5) is 10.3. The van der Waals surface area contributed by atoms with Gasteiger partial charge in [-0.15, -0.1) is 0 Å². The van der Waals surface area contributed by atoms with Crippen LogP contribution in [0.5, 0.6) is 0 Å². The van der Waals surface area contributed by atoms with Gasteiger partial charge in [-0.2, -0.15) is 5.53 Å². The topological polar surface area (TPSA) is 80.4 Å². The highest BCUT2D eigenvalue weighted by Crippen LogP contribution is 2.15. The molecule has 0 amide bonds. The Morgan fingerprint density at radius 2 is 2.29 bits per heavy atom. The number of hydrogen-bond donors (Lipinski definition) is 2. The number of anilines is 1. The number of rotatable bonds is 5. The molecule has 5 heteroatoms. The van der Waals surface area contributed by atoms with Crippen molar-refractivity contribution in [2.24, 2.45) is 5.22 Å². The minimum atomic E-state index is 0.331. The van der Waals surface area contributed by atoms with Crippen LogP contribution in [0.1, 0.15) is 5.56 Å². The van der Waals surface area contributed by atoms with Crippen molar-refractivity contribution in [3.8, 4) is 0 Å². The lowest BCUT2D eigenvalue weighted by Gasteiger charge is -2.10. The van der Waals surface area contributed by atoms with Crippen LogP contribution < -0.4 is 5.01 Å². The molecular weight excluding hydrogens is 180 g/mol. The van der Waals surface area contributed by atoms with Gasteiger partial charge in [-0.1, -0.05) is 17.4 Å². The Bertz CT molecular complexity index is 342. The summed E-state index contributed by atoms with van der Waals surface area (Å²) in [7, 11) is 0. The number of hydrogen-bond acceptors (Lipinski definition) is 4. The predicted molar refractivity (Wildman–Crippen MR) is 52.6 cm³/mol. The number of carbonyl (C=O) groups is 1. The summed E-state index contributed by atoms with van der Waals surface area (Å²) in [6, 6.07) is 7.01. The minimum absolute atomic E-state index is 0.331. The largest absolute Gasteiger partial charge is 0.303 e. The zero-order chi connectivity index (χ0) is 10.4. The van der Waals surface area contributed by atoms with Crippen LogP contribution in [0.25, 0.3) is 0 Å². The molecular formula is C9H10N4O. The lowest BCUT2D eigenvalue weighted by Crippen LogP contribution is -2.11. The van der Waals surface area contributed by atoms with E-state index in [9.17, 15) is 4.79 Å². The highest BCUT2D eigenvalue weighted by atomic mass is 16.1. The summed E-state index contributed by atoms with van der Waals surface area (Å²) in [6.45, 7) is 0. The molecule has 14 heavy (non-hydrogen) atoms. The van der Waals surface area contributed by atoms with Crippen molar-refractivity contribution in [2.75, 3.05) is 5.01 Å². The average Bonchev–Trinajstić information content (AvgIpc) is 2.21. The first-order valence-electron chi connectivity index (χ1n) is 4.01. The molecule has 0 aliphatic heterocycles. The molecule has 0 aliphatic rings. The second-order valence-electron chi connectivity index (χ2n) is 2.61. The molecule has 0 saturated carbocycles. The maximum atomic E-state index is 10.3. The van der Waals surface area contributed by atoms with E-state index in [2.05, 4.69) is 5.22 Å². The normalized spacial score (nSPS) is 9.14. The summed E-state index contributed by atoms with van der Waals surface area (Å²) in [5.74, 6) is 0. The number of nitrogens with zero attached hydrogens (tertiary/aromatic N) is 2. The molecule has 0 aliphatic carbocycles. The van der Waals surface area contributed by atoms with Gasteiger partial charge in [0.1, 0.15) is 12.6 Å². The van der Waals surface area contributed by atoms with Crippen LogP contribution in [0.4, 0.5) is 5.69 Å². The molecule has 0 fully saturated rings. The molecule has 1 rings (SSSR count). The highest BCUT2D eigenvalue weighted by molar-refractivity contribution is 5.76. The fourth-order valence-corrected chi connectivity index (χ4v) is 1.08. The van der Waals surface area contributed by atoms with Gasteiger partial charge in [-0.05, 0) is 17.7 Å². The van der Waals surface area contributed by atoms with E-state index in [1.54, 1.807) is 18.2 Å². The molecule has 0 spiro atoms. The molecule has 0 aromatic heterocycles. The third kappa shape index (κ3) is 2.22. The summed E-state index contributed by atoms with van der Waals surface area (Å²) < 4.78 is 0. The van der Waals surface area contributed by atoms with Gasteiger partial charge in [-0.3, -0.25) is 5.41 Å². The second-order valence-corrected chi connectivity index (χ2v) is 2.61. The van der Waals surface area contributed by atoms with Gasteiger partial charge in [-0.25, -0.2) is 5.01 Å². The third-order valence-corrected chi connectivity index (χ3v) is 1.72. The van der Waals surface area contributed by atoms with Gasteiger partial charge in [0.25, 0.3) is 0 Å². The Morgan fingerprint density at radius 3 is 2.86 bits per heavy atom. The number of carbonyl (C=O) groups excluding carboxylic acids is 1. The van der Waals surface area contributed by atoms with Crippen LogP contribution in [0.3, 0.4) is 0 Å². The number of benzene rings is 1. The maximum Gasteiger partial charge on any atom is 0.124 e. The molecule has 0 bridgehead atoms. The number of aldehydes is 1. The summed E-state index contributed by atoms with van der Waals surface area (Å²) in [5.41, 5.74) is 8.25. The van der Waals surface area contributed by atoms with Crippen LogP contribution in [0.15, 0.2) is 29.5 Å². The lowest BCUT2D eigenvalue weighted by atomic mass is 10.1. The molecule has 0 radical (unpaired) electrons. The Labute approximate surface area is 81.3 Å². The van der Waals surface area contributed by atoms with Gasteiger partial charge >= 0.3 is 0 Å². The summed E-state index contributed by atoms with van der Waals surface area (Å²) >= 11 is 0. The first-order chi connectivity index (χ1) is 6.81. The second kappa shape index (κ2) is 4.86. The fraction of sp³-hybridized carbons (Fsp3) is 0.111. The Morgan fingerprint density at radius 1 is 1.50 bits per heavy atom. The Hall–Kier alpha value is -2.04. The third-order valence-electron chi connectivity index (χ3n) is 1.72. The SMILES string of the molecule is N=CN(N=N)c1cccc(CC=O)c1. The molecule has 0 saturated heterocycles. The zero-order valence-corrected chi connectivity index (χ0v) is 7.47. The predicted octanol–water partition coefficient (Wildman–Crippen LogP) is 1.79. The van der Waals surface area contributed by atoms with E-state index in [1.807, 2.05) is 6.07 Å². The van der Waals surface area contributed by atoms with Gasteiger partial charge in [0.05, 0.1) is 5.69 Å². The van der Waals surface area contributed by atoms with E-state index < -0.39 is 0 Å². The average molecular weight is 190 g/mol. The molecule has 2 N–H and O–H groups in total. The molecule has 1 aromatic carbocycles. The van der Waals surface area contributed by atoms with E-state index in [-0.39, 0.29) is 0 Å². The van der Waals surface area contributed by atoms with Gasteiger partial charge in [0.15, 0.2) is 0 Å². The van der Waals surface area contributed by atoms with Crippen molar-refractivity contribution in [1.29, 1.82) is 10.9 Å². The van der Waals surface area contributed by atoms with Crippen molar-refractivity contribution in [1.82, 2.24) is 0 Å². The van der Waals surface area contributed by atoms with Crippen molar-refractivity contribution >= 4 is 18.3 Å². The monoisotopic (exact) mass is 190 g/mol. The molecule has 1 aromatic rings. The van der Waals surface area contributed by atoms with E-state index in [4.69, 9.17) is 10.9 Å². The van der Waals surface area contributed by atoms with E-state index in [0.717, 1.165) is 23.2 Å². The summed E-state index contributed by atoms with van der Waals surface area (Å²) in [5, 5.41) is 11.2. The number of nitrogens with one attached hydrogen (secondary N) is 2. The smallest absolute Gasteiger partial charge is 0.124 e. The van der Waals surface area contributed by atoms with Crippen molar-refractivity contribution in [3.63, 3.8) is 0 Å². The maximum absolute atomic E-state index is 10.3. The van der Waals surface area contributed by atoms with Crippen LogP contribution in [0.2, 0.25) is 0 Å². The lowest BCUT2D eigenvalue weighted by molar-refractivity contribution is -0.107. The van der Waals surface area contributed by atoms with Crippen LogP contribution in [0, 0.1) is 10.9 Å². The first kappa shape index (κ1) is 10.0. The van der Waals surface area contributed by atoms with Gasteiger partial charge < -0.3 is 4.79 Å². The first-order valence-corrected chi connectivity index (χ1v) is 4.01. The molecule has 5 nitrogen and oxygen atoms in total. The molecule has 72 valence electrons. The van der Waals surface area contributed by atoms with Gasteiger partial charge in [0, 0.05) is 6.42 Å². The molecule has 0 heterocycles. The minimum Gasteiger partial charge on any atom is -0.303 e. The van der Waals surface area contributed by atoms with Crippen molar-refractivity contribution < 1.29 is 4.79 Å². The van der Waals surface area contributed by atoms with Gasteiger partial charge in [0.2, 0.25) is 0 Å². The van der Waals surface area contributed by atoms with E-state index >= 15 is 0 Å². The standard InChI is InChI=1S/C9H10N4O/c10-7-13(12-11)9-3-1-2-8(6-9)4-5-14/h1-3,5-7,10-11H,4H2.